The molecule has 5 rings (SSSR count). The highest BCUT2D eigenvalue weighted by Crippen LogP contribution is 2.39. The minimum Gasteiger partial charge on any atom is -0.493 e. The van der Waals surface area contributed by atoms with Gasteiger partial charge in [0.15, 0.2) is 0 Å². The Morgan fingerprint density at radius 1 is 0.759 bits per heavy atom. The summed E-state index contributed by atoms with van der Waals surface area (Å²) in [5.41, 5.74) is -4.88. The molecule has 6 nitrogen and oxygen atoms in total. The molecule has 288 valence electrons. The van der Waals surface area contributed by atoms with E-state index >= 15 is 4.39 Å². The fraction of sp³-hybridized carbons (Fsp3) is 0.316. The largest absolute Gasteiger partial charge is 0.493 e. The van der Waals surface area contributed by atoms with E-state index in [0.717, 1.165) is 36.4 Å². The van der Waals surface area contributed by atoms with Crippen molar-refractivity contribution in [2.45, 2.75) is 56.4 Å². The summed E-state index contributed by atoms with van der Waals surface area (Å²) < 4.78 is 149. The van der Waals surface area contributed by atoms with E-state index < -0.39 is 88.4 Å². The first-order valence-electron chi connectivity index (χ1n) is 16.4. The lowest BCUT2D eigenvalue weighted by Gasteiger charge is -2.37. The van der Waals surface area contributed by atoms with Gasteiger partial charge in [0.05, 0.1) is 23.6 Å². The standard InChI is InChI=1S/C38H31F10NO5/c39-27-10-8-25(9-11-27)36(26-16-28(40)18-30(17-26)54-38(47,48)35(42)43,49-33(50)24-7-14-32(41)31(15-24)37(44,45)46)19-21-3-12-29(13-4-21)53-20-22-1-5-23(6-2-22)34(51)52/h3-4,7-18,22-23,35H,1-2,5-6,19-20H2,(H,49,50)(H,51,52). The first kappa shape index (κ1) is 39.9. The molecule has 0 bridgehead atoms. The Morgan fingerprint density at radius 3 is 2.00 bits per heavy atom. The molecule has 0 aliphatic heterocycles. The van der Waals surface area contributed by atoms with Crippen molar-refractivity contribution in [2.24, 2.45) is 11.8 Å². The van der Waals surface area contributed by atoms with Crippen LogP contribution < -0.4 is 14.8 Å². The van der Waals surface area contributed by atoms with Gasteiger partial charge in [0.1, 0.15) is 29.0 Å². The maximum Gasteiger partial charge on any atom is 0.461 e. The van der Waals surface area contributed by atoms with Crippen molar-refractivity contribution in [3.05, 3.63) is 130 Å². The third kappa shape index (κ3) is 9.44. The minimum atomic E-state index is -5.22. The van der Waals surface area contributed by atoms with E-state index in [9.17, 15) is 54.2 Å². The maximum atomic E-state index is 15.2. The zero-order valence-corrected chi connectivity index (χ0v) is 27.9. The lowest BCUT2D eigenvalue weighted by Crippen LogP contribution is -2.49. The number of amides is 1. The first-order chi connectivity index (χ1) is 25.4. The van der Waals surface area contributed by atoms with Gasteiger partial charge in [-0.3, -0.25) is 9.59 Å². The van der Waals surface area contributed by atoms with Gasteiger partial charge in [-0.1, -0.05) is 24.3 Å². The van der Waals surface area contributed by atoms with E-state index in [1.54, 1.807) is 0 Å². The summed E-state index contributed by atoms with van der Waals surface area (Å²) in [5, 5.41) is 11.7. The van der Waals surface area contributed by atoms with Crippen molar-refractivity contribution < 1.29 is 68.1 Å². The molecule has 0 aromatic heterocycles. The van der Waals surface area contributed by atoms with Gasteiger partial charge in [-0.2, -0.15) is 30.7 Å². The number of rotatable bonds is 13. The molecule has 1 atom stereocenters. The van der Waals surface area contributed by atoms with Crippen LogP contribution in [0.15, 0.2) is 84.9 Å². The molecular formula is C38H31F10NO5. The van der Waals surface area contributed by atoms with Crippen LogP contribution in [0.3, 0.4) is 0 Å². The van der Waals surface area contributed by atoms with Crippen LogP contribution in [0.25, 0.3) is 0 Å². The molecule has 4 aromatic carbocycles. The average molecular weight is 772 g/mol. The number of benzene rings is 4. The summed E-state index contributed by atoms with van der Waals surface area (Å²) in [6.07, 6.45) is -12.8. The zero-order chi connectivity index (χ0) is 39.4. The Hall–Kier alpha value is -5.28. The number of carboxylic acid groups (broad SMARTS) is 1. The number of alkyl halides is 7. The second kappa shape index (κ2) is 16.0. The third-order valence-corrected chi connectivity index (χ3v) is 9.14. The monoisotopic (exact) mass is 771 g/mol. The topological polar surface area (TPSA) is 84.9 Å². The number of nitrogens with one attached hydrogen (secondary N) is 1. The summed E-state index contributed by atoms with van der Waals surface area (Å²) in [6, 6.07) is 13.3. The molecular weight excluding hydrogens is 740 g/mol. The van der Waals surface area contributed by atoms with Crippen molar-refractivity contribution in [3.8, 4) is 11.5 Å². The number of ether oxygens (including phenoxy) is 2. The van der Waals surface area contributed by atoms with Gasteiger partial charge in [0, 0.05) is 18.1 Å². The van der Waals surface area contributed by atoms with Gasteiger partial charge in [0.25, 0.3) is 5.91 Å². The number of hydrogen-bond donors (Lipinski definition) is 2. The molecule has 54 heavy (non-hydrogen) atoms. The van der Waals surface area contributed by atoms with Crippen molar-refractivity contribution in [1.82, 2.24) is 5.32 Å². The van der Waals surface area contributed by atoms with Crippen molar-refractivity contribution in [3.63, 3.8) is 0 Å². The summed E-state index contributed by atoms with van der Waals surface area (Å²) in [6.45, 7) is 0.272. The second-order valence-electron chi connectivity index (χ2n) is 12.9. The molecule has 0 saturated heterocycles. The fourth-order valence-electron chi connectivity index (χ4n) is 6.31. The maximum absolute atomic E-state index is 15.2. The lowest BCUT2D eigenvalue weighted by molar-refractivity contribution is -0.253. The second-order valence-corrected chi connectivity index (χ2v) is 12.9. The molecule has 1 unspecified atom stereocenters. The molecule has 0 spiro atoms. The van der Waals surface area contributed by atoms with Gasteiger partial charge < -0.3 is 19.9 Å². The molecule has 4 aromatic rings. The molecule has 1 saturated carbocycles. The zero-order valence-electron chi connectivity index (χ0n) is 27.9. The fourth-order valence-corrected chi connectivity index (χ4v) is 6.31. The Labute approximate surface area is 301 Å². The number of carbonyl (C=O) groups is 2. The number of carboxylic acids is 1. The van der Waals surface area contributed by atoms with Crippen LogP contribution in [0.4, 0.5) is 43.9 Å². The van der Waals surface area contributed by atoms with Crippen molar-refractivity contribution >= 4 is 11.9 Å². The summed E-state index contributed by atoms with van der Waals surface area (Å²) in [5.74, 6) is -7.00. The Kier molecular flexibility index (Phi) is 11.8. The van der Waals surface area contributed by atoms with Crippen LogP contribution in [-0.4, -0.2) is 36.1 Å². The summed E-state index contributed by atoms with van der Waals surface area (Å²) >= 11 is 0. The van der Waals surface area contributed by atoms with Crippen LogP contribution in [0, 0.1) is 29.3 Å². The Balaban J connectivity index is 1.57. The molecule has 0 heterocycles. The van der Waals surface area contributed by atoms with E-state index in [1.807, 2.05) is 0 Å². The van der Waals surface area contributed by atoms with Crippen LogP contribution in [0.1, 0.15) is 58.3 Å². The third-order valence-electron chi connectivity index (χ3n) is 9.14. The Bertz CT molecular complexity index is 1950. The number of carbonyl (C=O) groups excluding carboxylic acids is 1. The normalized spacial score (nSPS) is 17.5. The summed E-state index contributed by atoms with van der Waals surface area (Å²) in [4.78, 5) is 25.1. The van der Waals surface area contributed by atoms with E-state index in [2.05, 4.69) is 10.1 Å². The van der Waals surface area contributed by atoms with E-state index in [-0.39, 0.29) is 24.2 Å². The molecule has 1 aliphatic rings. The molecule has 16 heteroatoms. The van der Waals surface area contributed by atoms with Gasteiger partial charge in [-0.15, -0.1) is 0 Å². The van der Waals surface area contributed by atoms with Gasteiger partial charge >= 0.3 is 24.7 Å². The molecule has 1 fully saturated rings. The number of hydrogen-bond acceptors (Lipinski definition) is 4. The predicted molar refractivity (Wildman–Crippen MR) is 173 cm³/mol. The van der Waals surface area contributed by atoms with Crippen LogP contribution in [-0.2, 0) is 22.9 Å². The summed E-state index contributed by atoms with van der Waals surface area (Å²) in [7, 11) is 0. The van der Waals surface area contributed by atoms with E-state index in [1.165, 1.54) is 24.3 Å². The quantitative estimate of drug-likeness (QED) is 0.132. The van der Waals surface area contributed by atoms with Crippen LogP contribution >= 0.6 is 0 Å². The van der Waals surface area contributed by atoms with E-state index in [4.69, 9.17) is 4.74 Å². The molecule has 1 aliphatic carbocycles. The van der Waals surface area contributed by atoms with E-state index in [0.29, 0.717) is 55.2 Å². The smallest absolute Gasteiger partial charge is 0.461 e. The molecule has 1 amide bonds. The van der Waals surface area contributed by atoms with Gasteiger partial charge in [0.2, 0.25) is 0 Å². The molecule has 2 N–H and O–H groups in total. The van der Waals surface area contributed by atoms with Gasteiger partial charge in [-0.25, -0.2) is 13.2 Å². The minimum absolute atomic E-state index is 0.0649. The molecule has 0 radical (unpaired) electrons. The van der Waals surface area contributed by atoms with Gasteiger partial charge in [-0.05, 0) is 103 Å². The van der Waals surface area contributed by atoms with Crippen molar-refractivity contribution in [1.29, 1.82) is 0 Å². The highest BCUT2D eigenvalue weighted by molar-refractivity contribution is 5.95. The lowest BCUT2D eigenvalue weighted by atomic mass is 9.77. The highest BCUT2D eigenvalue weighted by Gasteiger charge is 2.45. The average Bonchev–Trinajstić information content (AvgIpc) is 3.10. The first-order valence-corrected chi connectivity index (χ1v) is 16.4. The predicted octanol–water partition coefficient (Wildman–Crippen LogP) is 9.55. The SMILES string of the molecule is O=C(NC(Cc1ccc(OCC2CCC(C(=O)O)CC2)cc1)(c1ccc(F)cc1)c1cc(F)cc(OC(F)(F)C(F)F)c1)c1ccc(F)c(C(F)(F)F)c1. The van der Waals surface area contributed by atoms with Crippen molar-refractivity contribution in [2.75, 3.05) is 6.61 Å². The Morgan fingerprint density at radius 2 is 1.41 bits per heavy atom. The highest BCUT2D eigenvalue weighted by atomic mass is 19.4. The van der Waals surface area contributed by atoms with Crippen LogP contribution in [0.5, 0.6) is 11.5 Å². The number of halogens is 10. The number of aliphatic carboxylic acids is 1. The van der Waals surface area contributed by atoms with Crippen LogP contribution in [0.2, 0.25) is 0 Å².